The maximum atomic E-state index is 13.0. The zero-order valence-electron chi connectivity index (χ0n) is 19.0. The van der Waals surface area contributed by atoms with Gasteiger partial charge in [0.25, 0.3) is 11.8 Å². The number of thiophene rings is 1. The Kier molecular flexibility index (Phi) is 6.18. The third-order valence-electron chi connectivity index (χ3n) is 6.74. The third kappa shape index (κ3) is 4.23. The molecule has 1 aromatic heterocycles. The first-order valence-electron chi connectivity index (χ1n) is 11.6. The van der Waals surface area contributed by atoms with E-state index in [2.05, 4.69) is 5.32 Å². The minimum absolute atomic E-state index is 0.106. The van der Waals surface area contributed by atoms with E-state index >= 15 is 0 Å². The van der Waals surface area contributed by atoms with Gasteiger partial charge in [0.05, 0.1) is 11.6 Å². The number of carbonyl (C=O) groups excluding carboxylic acids is 3. The first-order chi connectivity index (χ1) is 16.4. The minimum atomic E-state index is -0.671. The molecule has 3 amide bonds. The van der Waals surface area contributed by atoms with Gasteiger partial charge in [-0.15, -0.1) is 11.3 Å². The molecule has 2 atom stereocenters. The Morgan fingerprint density at radius 2 is 1.85 bits per heavy atom. The monoisotopic (exact) mass is 484 g/mol. The lowest BCUT2D eigenvalue weighted by Crippen LogP contribution is -2.57. The van der Waals surface area contributed by atoms with E-state index in [1.165, 1.54) is 11.3 Å². The van der Waals surface area contributed by atoms with Crippen LogP contribution in [0.3, 0.4) is 0 Å². The molecule has 9 nitrogen and oxygen atoms in total. The van der Waals surface area contributed by atoms with Gasteiger partial charge >= 0.3 is 0 Å². The topological polar surface area (TPSA) is 114 Å². The molecule has 180 valence electrons. The van der Waals surface area contributed by atoms with Crippen LogP contribution in [0.1, 0.15) is 34.1 Å². The molecule has 5 rings (SSSR count). The number of rotatable bonds is 5. The van der Waals surface area contributed by atoms with Crippen molar-refractivity contribution >= 4 is 34.1 Å². The summed E-state index contributed by atoms with van der Waals surface area (Å²) < 4.78 is 11.5. The van der Waals surface area contributed by atoms with Crippen molar-refractivity contribution in [1.29, 1.82) is 0 Å². The Morgan fingerprint density at radius 1 is 1.12 bits per heavy atom. The molecule has 2 aliphatic heterocycles. The number of hydrogen-bond acceptors (Lipinski definition) is 7. The lowest BCUT2D eigenvalue weighted by atomic mass is 10.1. The van der Waals surface area contributed by atoms with Crippen molar-refractivity contribution in [2.75, 3.05) is 38.1 Å². The summed E-state index contributed by atoms with van der Waals surface area (Å²) in [6.07, 6.45) is 2.09. The molecular formula is C24H28N4O5S. The summed E-state index contributed by atoms with van der Waals surface area (Å²) in [5.41, 5.74) is 7.06. The smallest absolute Gasteiger partial charge is 0.267 e. The minimum Gasteiger partial charge on any atom is -0.485 e. The van der Waals surface area contributed by atoms with E-state index in [1.54, 1.807) is 11.0 Å². The molecule has 3 N–H and O–H groups in total. The first kappa shape index (κ1) is 22.7. The number of carbonyl (C=O) groups is 3. The number of primary amides is 1. The number of aryl methyl sites for hydroxylation is 1. The number of fused-ring (bicyclic) bond motifs is 2. The number of piperazine rings is 1. The van der Waals surface area contributed by atoms with Crippen molar-refractivity contribution in [1.82, 2.24) is 9.80 Å². The van der Waals surface area contributed by atoms with Crippen LogP contribution < -0.4 is 20.5 Å². The number of hydrogen-bond donors (Lipinski definition) is 2. The molecule has 3 heterocycles. The number of anilines is 1. The van der Waals surface area contributed by atoms with Crippen molar-refractivity contribution in [3.63, 3.8) is 0 Å². The number of benzene rings is 1. The van der Waals surface area contributed by atoms with E-state index in [9.17, 15) is 14.4 Å². The van der Waals surface area contributed by atoms with Gasteiger partial charge in [-0.25, -0.2) is 0 Å². The van der Waals surface area contributed by atoms with E-state index in [0.717, 1.165) is 29.7 Å². The van der Waals surface area contributed by atoms with Gasteiger partial charge in [0.2, 0.25) is 12.0 Å². The number of para-hydroxylation sites is 2. The van der Waals surface area contributed by atoms with Crippen molar-refractivity contribution in [2.45, 2.75) is 38.3 Å². The molecule has 10 heteroatoms. The Bertz CT molecular complexity index is 1120. The Labute approximate surface area is 201 Å². The average molecular weight is 485 g/mol. The van der Waals surface area contributed by atoms with Gasteiger partial charge in [-0.3, -0.25) is 19.3 Å². The summed E-state index contributed by atoms with van der Waals surface area (Å²) in [4.78, 5) is 42.9. The molecule has 1 aromatic carbocycles. The van der Waals surface area contributed by atoms with E-state index in [1.807, 2.05) is 30.0 Å². The van der Waals surface area contributed by atoms with E-state index in [0.29, 0.717) is 48.2 Å². The second-order valence-electron chi connectivity index (χ2n) is 8.82. The number of nitrogens with one attached hydrogen (secondary N) is 1. The number of nitrogens with two attached hydrogens (primary N) is 1. The van der Waals surface area contributed by atoms with E-state index in [-0.39, 0.29) is 18.4 Å². The summed E-state index contributed by atoms with van der Waals surface area (Å²) >= 11 is 1.45. The van der Waals surface area contributed by atoms with Gasteiger partial charge in [-0.1, -0.05) is 12.1 Å². The highest BCUT2D eigenvalue weighted by atomic mass is 32.1. The zero-order valence-corrected chi connectivity index (χ0v) is 19.9. The lowest BCUT2D eigenvalue weighted by Gasteiger charge is -2.39. The molecule has 1 fully saturated rings. The van der Waals surface area contributed by atoms with Gasteiger partial charge in [0.1, 0.15) is 11.6 Å². The number of amides is 3. The molecule has 0 spiro atoms. The third-order valence-corrected chi connectivity index (χ3v) is 7.95. The SMILES string of the molecule is C[C@@H](C(=O)Nc1sc2c(c1C(N)=O)CCC2)N1CCN(C(=O)[C@H]2COc3ccccc3O2)CC1. The second-order valence-corrected chi connectivity index (χ2v) is 9.92. The zero-order chi connectivity index (χ0) is 23.8. The van der Waals surface area contributed by atoms with Gasteiger partial charge in [0, 0.05) is 31.1 Å². The molecule has 0 radical (unpaired) electrons. The summed E-state index contributed by atoms with van der Waals surface area (Å²) in [6.45, 7) is 4.15. The largest absolute Gasteiger partial charge is 0.485 e. The van der Waals surface area contributed by atoms with Crippen LogP contribution in [-0.4, -0.2) is 72.5 Å². The van der Waals surface area contributed by atoms with E-state index < -0.39 is 18.1 Å². The molecule has 3 aliphatic rings. The second kappa shape index (κ2) is 9.27. The standard InChI is InChI=1S/C24H28N4O5S/c1-14(22(30)26-23-20(21(25)29)15-5-4-8-19(15)34-23)27-9-11-28(12-10-27)24(31)18-13-32-16-6-2-3-7-17(16)33-18/h2-3,6-7,14,18H,4-5,8-13H2,1H3,(H2,25,29)(H,26,30)/t14-,18+/m0/s1. The maximum Gasteiger partial charge on any atom is 0.267 e. The van der Waals surface area contributed by atoms with Crippen LogP contribution in [0, 0.1) is 0 Å². The van der Waals surface area contributed by atoms with Gasteiger partial charge in [-0.05, 0) is 43.9 Å². The first-order valence-corrected chi connectivity index (χ1v) is 12.4. The highest BCUT2D eigenvalue weighted by molar-refractivity contribution is 7.17. The highest BCUT2D eigenvalue weighted by Crippen LogP contribution is 2.39. The molecule has 0 saturated carbocycles. The van der Waals surface area contributed by atoms with E-state index in [4.69, 9.17) is 15.2 Å². The molecule has 0 bridgehead atoms. The van der Waals surface area contributed by atoms with Crippen molar-refractivity contribution in [3.8, 4) is 11.5 Å². The average Bonchev–Trinajstić information content (AvgIpc) is 3.43. The van der Waals surface area contributed by atoms with Gasteiger partial charge < -0.3 is 25.4 Å². The number of nitrogens with zero attached hydrogens (tertiary/aromatic N) is 2. The van der Waals surface area contributed by atoms with Crippen LogP contribution >= 0.6 is 11.3 Å². The van der Waals surface area contributed by atoms with Gasteiger partial charge in [-0.2, -0.15) is 0 Å². The Balaban J connectivity index is 1.16. The number of ether oxygens (including phenoxy) is 2. The summed E-state index contributed by atoms with van der Waals surface area (Å²) in [5, 5.41) is 3.49. The fourth-order valence-corrected chi connectivity index (χ4v) is 6.11. The van der Waals surface area contributed by atoms with Crippen molar-refractivity contribution in [2.24, 2.45) is 5.73 Å². The normalized spacial score (nSPS) is 20.5. The predicted molar refractivity (Wildman–Crippen MR) is 127 cm³/mol. The molecule has 1 saturated heterocycles. The van der Waals surface area contributed by atoms with Crippen LogP contribution in [0.4, 0.5) is 5.00 Å². The summed E-state index contributed by atoms with van der Waals surface area (Å²) in [7, 11) is 0. The molecule has 0 unspecified atom stereocenters. The van der Waals surface area contributed by atoms with Gasteiger partial charge in [0.15, 0.2) is 11.5 Å². The van der Waals surface area contributed by atoms with Crippen LogP contribution in [-0.2, 0) is 22.4 Å². The lowest BCUT2D eigenvalue weighted by molar-refractivity contribution is -0.143. The van der Waals surface area contributed by atoms with Crippen LogP contribution in [0.15, 0.2) is 24.3 Å². The quantitative estimate of drug-likeness (QED) is 0.667. The van der Waals surface area contributed by atoms with Crippen molar-refractivity contribution < 1.29 is 23.9 Å². The molecule has 2 aromatic rings. The predicted octanol–water partition coefficient (Wildman–Crippen LogP) is 1.65. The molecule has 1 aliphatic carbocycles. The maximum absolute atomic E-state index is 13.0. The fourth-order valence-electron chi connectivity index (χ4n) is 4.81. The highest BCUT2D eigenvalue weighted by Gasteiger charge is 2.35. The van der Waals surface area contributed by atoms with Crippen LogP contribution in [0.25, 0.3) is 0 Å². The summed E-state index contributed by atoms with van der Waals surface area (Å²) in [6, 6.07) is 6.91. The van der Waals surface area contributed by atoms with Crippen LogP contribution in [0.5, 0.6) is 11.5 Å². The molecule has 34 heavy (non-hydrogen) atoms. The Morgan fingerprint density at radius 3 is 2.59 bits per heavy atom. The molecular weight excluding hydrogens is 456 g/mol. The fraction of sp³-hybridized carbons (Fsp3) is 0.458. The Hall–Kier alpha value is -3.11. The van der Waals surface area contributed by atoms with Crippen LogP contribution in [0.2, 0.25) is 0 Å². The summed E-state index contributed by atoms with van der Waals surface area (Å²) in [5.74, 6) is 0.442. The van der Waals surface area contributed by atoms with Crippen molar-refractivity contribution in [3.05, 3.63) is 40.3 Å².